The molecule has 8 heteroatoms. The van der Waals surface area contributed by atoms with E-state index in [1.54, 1.807) is 18.5 Å². The normalized spacial score (nSPS) is 7.78. The van der Waals surface area contributed by atoms with E-state index in [9.17, 15) is 0 Å². The maximum absolute atomic E-state index is 5.79. The van der Waals surface area contributed by atoms with Crippen molar-refractivity contribution in [1.29, 1.82) is 0 Å². The van der Waals surface area contributed by atoms with Gasteiger partial charge < -0.3 is 36.1 Å². The highest BCUT2D eigenvalue weighted by atomic mass is 14.8. The van der Waals surface area contributed by atoms with E-state index in [0.717, 1.165) is 5.69 Å². The Balaban J connectivity index is -0.000000562. The van der Waals surface area contributed by atoms with Gasteiger partial charge in [0.1, 0.15) is 5.69 Å². The quantitative estimate of drug-likeness (QED) is 0.440. The van der Waals surface area contributed by atoms with Crippen molar-refractivity contribution in [3.05, 3.63) is 36.7 Å². The second kappa shape index (κ2) is 8.84. The van der Waals surface area contributed by atoms with Crippen LogP contribution in [0.15, 0.2) is 36.7 Å². The fourth-order valence-corrected chi connectivity index (χ4v) is 1.20. The summed E-state index contributed by atoms with van der Waals surface area (Å²) in [6.07, 6.45) is 3.31. The second-order valence-corrected chi connectivity index (χ2v) is 2.88. The first kappa shape index (κ1) is 21.1. The number of rotatable bonds is 1. The average Bonchev–Trinajstić information content (AvgIpc) is 2.23. The van der Waals surface area contributed by atoms with Crippen LogP contribution in [0.2, 0.25) is 0 Å². The van der Waals surface area contributed by atoms with Crippen LogP contribution in [0.1, 0.15) is 0 Å². The molecule has 0 saturated heterocycles. The predicted octanol–water partition coefficient (Wildman–Crippen LogP) is 1.96. The van der Waals surface area contributed by atoms with Gasteiger partial charge in [-0.15, -0.1) is 0 Å². The molecular formula is C10H22N8. The van der Waals surface area contributed by atoms with Crippen molar-refractivity contribution in [1.82, 2.24) is 34.6 Å². The van der Waals surface area contributed by atoms with Crippen LogP contribution in [0, 0.1) is 0 Å². The summed E-state index contributed by atoms with van der Waals surface area (Å²) in [5.41, 5.74) is 13.8. The third-order valence-electron chi connectivity index (χ3n) is 1.93. The highest BCUT2D eigenvalue weighted by Crippen LogP contribution is 2.25. The number of aromatic nitrogens is 2. The van der Waals surface area contributed by atoms with Crippen molar-refractivity contribution >= 4 is 11.4 Å². The summed E-state index contributed by atoms with van der Waals surface area (Å²) >= 11 is 0. The van der Waals surface area contributed by atoms with Gasteiger partial charge in [-0.05, 0) is 18.2 Å². The fourth-order valence-electron chi connectivity index (χ4n) is 1.20. The van der Waals surface area contributed by atoms with Gasteiger partial charge in [0.2, 0.25) is 0 Å². The first-order valence-electron chi connectivity index (χ1n) is 4.20. The number of hydrogen-bond donors (Lipinski definition) is 6. The maximum atomic E-state index is 5.79. The first-order valence-corrected chi connectivity index (χ1v) is 4.20. The summed E-state index contributed by atoms with van der Waals surface area (Å²) in [4.78, 5) is 8.29. The van der Waals surface area contributed by atoms with Crippen molar-refractivity contribution < 1.29 is 0 Å². The van der Waals surface area contributed by atoms with Crippen LogP contribution in [0.4, 0.5) is 11.4 Å². The molecule has 18 heavy (non-hydrogen) atoms. The molecule has 0 unspecified atom stereocenters. The monoisotopic (exact) mass is 254 g/mol. The van der Waals surface area contributed by atoms with E-state index in [1.165, 1.54) is 0 Å². The van der Waals surface area contributed by atoms with E-state index >= 15 is 0 Å². The number of pyridine rings is 2. The zero-order valence-corrected chi connectivity index (χ0v) is 10.3. The summed E-state index contributed by atoms with van der Waals surface area (Å²) in [5, 5.41) is 0. The van der Waals surface area contributed by atoms with Gasteiger partial charge in [0.05, 0.1) is 17.1 Å². The molecule has 2 aromatic heterocycles. The zero-order valence-electron chi connectivity index (χ0n) is 10.3. The summed E-state index contributed by atoms with van der Waals surface area (Å²) in [7, 11) is 0. The standard InChI is InChI=1S/C10H10N4.4H3N/c11-7-4-6-14-10(9(7)12)8-3-1-2-5-13-8;;;;/h1-6H,12H2,(H2,11,14);4*1H3. The minimum absolute atomic E-state index is 0. The molecule has 0 aromatic carbocycles. The number of anilines is 2. The Morgan fingerprint density at radius 3 is 2.00 bits per heavy atom. The molecule has 0 amide bonds. The number of nitrogens with zero attached hydrogens (tertiary/aromatic N) is 2. The van der Waals surface area contributed by atoms with Gasteiger partial charge >= 0.3 is 0 Å². The van der Waals surface area contributed by atoms with Gasteiger partial charge in [-0.3, -0.25) is 9.97 Å². The molecule has 0 radical (unpaired) electrons. The van der Waals surface area contributed by atoms with Gasteiger partial charge in [-0.25, -0.2) is 0 Å². The SMILES string of the molecule is N.N.N.N.Nc1ccnc(-c2ccccn2)c1N. The third-order valence-corrected chi connectivity index (χ3v) is 1.93. The molecule has 0 spiro atoms. The van der Waals surface area contributed by atoms with E-state index in [1.807, 2.05) is 18.2 Å². The maximum Gasteiger partial charge on any atom is 0.114 e. The Kier molecular flexibility index (Phi) is 10.4. The lowest BCUT2D eigenvalue weighted by atomic mass is 10.2. The minimum atomic E-state index is 0. The predicted molar refractivity (Wildman–Crippen MR) is 76.4 cm³/mol. The molecule has 0 aliphatic heterocycles. The van der Waals surface area contributed by atoms with Gasteiger partial charge in [-0.1, -0.05) is 6.07 Å². The smallest absolute Gasteiger partial charge is 0.114 e. The topological polar surface area (TPSA) is 218 Å². The summed E-state index contributed by atoms with van der Waals surface area (Å²) in [6, 6.07) is 7.23. The Morgan fingerprint density at radius 1 is 0.778 bits per heavy atom. The van der Waals surface area contributed by atoms with Crippen molar-refractivity contribution in [2.75, 3.05) is 11.5 Å². The second-order valence-electron chi connectivity index (χ2n) is 2.88. The van der Waals surface area contributed by atoms with Crippen LogP contribution in [0.5, 0.6) is 0 Å². The number of nitrogens with two attached hydrogens (primary N) is 2. The number of nitrogen functional groups attached to an aromatic ring is 2. The van der Waals surface area contributed by atoms with Gasteiger partial charge in [0.15, 0.2) is 0 Å². The van der Waals surface area contributed by atoms with Crippen LogP contribution in [0.3, 0.4) is 0 Å². The van der Waals surface area contributed by atoms with E-state index in [2.05, 4.69) is 9.97 Å². The summed E-state index contributed by atoms with van der Waals surface area (Å²) < 4.78 is 0. The fraction of sp³-hybridized carbons (Fsp3) is 0. The van der Waals surface area contributed by atoms with Crippen LogP contribution in [-0.4, -0.2) is 9.97 Å². The Labute approximate surface area is 106 Å². The lowest BCUT2D eigenvalue weighted by Gasteiger charge is -2.05. The highest BCUT2D eigenvalue weighted by Gasteiger charge is 2.06. The summed E-state index contributed by atoms with van der Waals surface area (Å²) in [5.74, 6) is 0. The van der Waals surface area contributed by atoms with Crippen LogP contribution in [-0.2, 0) is 0 Å². The molecular weight excluding hydrogens is 232 g/mol. The molecule has 2 aromatic rings. The van der Waals surface area contributed by atoms with Crippen molar-refractivity contribution in [3.8, 4) is 11.4 Å². The number of hydrogen-bond acceptors (Lipinski definition) is 8. The molecule has 0 aliphatic carbocycles. The lowest BCUT2D eigenvalue weighted by molar-refractivity contribution is 1.25. The van der Waals surface area contributed by atoms with Crippen LogP contribution in [0.25, 0.3) is 11.4 Å². The zero-order chi connectivity index (χ0) is 9.97. The first-order chi connectivity index (χ1) is 6.79. The Hall–Kier alpha value is -2.26. The van der Waals surface area contributed by atoms with Crippen LogP contribution >= 0.6 is 0 Å². The highest BCUT2D eigenvalue weighted by molar-refractivity contribution is 5.79. The molecule has 8 nitrogen and oxygen atoms in total. The lowest BCUT2D eigenvalue weighted by Crippen LogP contribution is -1.99. The third kappa shape index (κ3) is 3.96. The molecule has 0 saturated carbocycles. The molecule has 16 N–H and O–H groups in total. The van der Waals surface area contributed by atoms with E-state index in [0.29, 0.717) is 17.1 Å². The van der Waals surface area contributed by atoms with Gasteiger partial charge in [0, 0.05) is 12.4 Å². The Morgan fingerprint density at radius 2 is 1.44 bits per heavy atom. The molecule has 102 valence electrons. The van der Waals surface area contributed by atoms with Gasteiger partial charge in [0.25, 0.3) is 0 Å². The van der Waals surface area contributed by atoms with E-state index < -0.39 is 0 Å². The minimum Gasteiger partial charge on any atom is -0.397 e. The average molecular weight is 254 g/mol. The van der Waals surface area contributed by atoms with E-state index in [4.69, 9.17) is 11.5 Å². The van der Waals surface area contributed by atoms with Crippen molar-refractivity contribution in [3.63, 3.8) is 0 Å². The van der Waals surface area contributed by atoms with Crippen molar-refractivity contribution in [2.24, 2.45) is 0 Å². The molecule has 0 atom stereocenters. The molecule has 0 aliphatic rings. The van der Waals surface area contributed by atoms with E-state index in [-0.39, 0.29) is 24.6 Å². The molecule has 2 heterocycles. The summed E-state index contributed by atoms with van der Waals surface area (Å²) in [6.45, 7) is 0. The molecule has 2 rings (SSSR count). The van der Waals surface area contributed by atoms with Crippen LogP contribution < -0.4 is 36.1 Å². The van der Waals surface area contributed by atoms with Gasteiger partial charge in [-0.2, -0.15) is 0 Å². The molecule has 0 bridgehead atoms. The molecule has 0 fully saturated rings. The van der Waals surface area contributed by atoms with Crippen molar-refractivity contribution in [2.45, 2.75) is 0 Å². The Bertz CT molecular complexity index is 445. The largest absolute Gasteiger partial charge is 0.397 e.